The van der Waals surface area contributed by atoms with Crippen molar-refractivity contribution in [1.29, 1.82) is 5.26 Å². The molecule has 1 heterocycles. The van der Waals surface area contributed by atoms with Crippen LogP contribution in [0, 0.1) is 35.0 Å². The van der Waals surface area contributed by atoms with Gasteiger partial charge in [-0.3, -0.25) is 0 Å². The summed E-state index contributed by atoms with van der Waals surface area (Å²) in [6.07, 6.45) is 7.03. The Balaban J connectivity index is 1.44. The first-order valence-corrected chi connectivity index (χ1v) is 11.0. The van der Waals surface area contributed by atoms with Crippen LogP contribution in [0.5, 0.6) is 5.75 Å². The minimum absolute atomic E-state index is 0.389. The van der Waals surface area contributed by atoms with Crippen LogP contribution in [-0.4, -0.2) is 29.2 Å². The topological polar surface area (TPSA) is 85.1 Å². The molecule has 35 heavy (non-hydrogen) atoms. The van der Waals surface area contributed by atoms with Gasteiger partial charge in [0.25, 0.3) is 0 Å². The molecular formula is C29H23N3O3. The third kappa shape index (κ3) is 8.89. The highest BCUT2D eigenvalue weighted by atomic mass is 16.5. The van der Waals surface area contributed by atoms with Crippen LogP contribution in [0.2, 0.25) is 0 Å². The van der Waals surface area contributed by atoms with Gasteiger partial charge in [-0.2, -0.15) is 5.26 Å². The second-order valence-electron chi connectivity index (χ2n) is 7.29. The quantitative estimate of drug-likeness (QED) is 0.214. The van der Waals surface area contributed by atoms with Gasteiger partial charge in [-0.1, -0.05) is 24.3 Å². The fourth-order valence-corrected chi connectivity index (χ4v) is 2.79. The average molecular weight is 462 g/mol. The molecule has 6 nitrogen and oxygen atoms in total. The molecule has 2 aromatic carbocycles. The molecule has 0 fully saturated rings. The van der Waals surface area contributed by atoms with Crippen molar-refractivity contribution in [3.8, 4) is 35.5 Å². The Morgan fingerprint density at radius 3 is 2.03 bits per heavy atom. The van der Waals surface area contributed by atoms with Gasteiger partial charge < -0.3 is 9.47 Å². The highest BCUT2D eigenvalue weighted by Crippen LogP contribution is 2.12. The van der Waals surface area contributed by atoms with Gasteiger partial charge in [0.15, 0.2) is 0 Å². The van der Waals surface area contributed by atoms with Crippen molar-refractivity contribution in [3.05, 3.63) is 102 Å². The van der Waals surface area contributed by atoms with Crippen LogP contribution in [0.15, 0.2) is 73.6 Å². The summed E-state index contributed by atoms with van der Waals surface area (Å²) in [6, 6.07) is 16.6. The Morgan fingerprint density at radius 2 is 1.37 bits per heavy atom. The maximum Gasteiger partial charge on any atom is 0.330 e. The van der Waals surface area contributed by atoms with E-state index in [-0.39, 0.29) is 5.97 Å². The minimum atomic E-state index is -0.389. The molecule has 0 aliphatic heterocycles. The number of ether oxygens (including phenoxy) is 2. The van der Waals surface area contributed by atoms with E-state index in [1.54, 1.807) is 36.7 Å². The molecule has 0 bridgehead atoms. The van der Waals surface area contributed by atoms with Crippen LogP contribution < -0.4 is 4.74 Å². The van der Waals surface area contributed by atoms with Crippen molar-refractivity contribution in [1.82, 2.24) is 9.97 Å². The highest BCUT2D eigenvalue weighted by molar-refractivity contribution is 5.81. The number of carbonyl (C=O) groups is 1. The number of unbranched alkanes of at least 4 members (excludes halogenated alkanes) is 2. The Labute approximate surface area is 205 Å². The number of esters is 1. The number of benzene rings is 2. The normalized spacial score (nSPS) is 9.46. The second kappa shape index (κ2) is 13.6. The van der Waals surface area contributed by atoms with Crippen molar-refractivity contribution in [2.45, 2.75) is 19.3 Å². The van der Waals surface area contributed by atoms with Gasteiger partial charge in [-0.05, 0) is 73.7 Å². The van der Waals surface area contributed by atoms with E-state index in [0.717, 1.165) is 42.2 Å². The van der Waals surface area contributed by atoms with Gasteiger partial charge >= 0.3 is 5.97 Å². The predicted octanol–water partition coefficient (Wildman–Crippen LogP) is 4.43. The Kier molecular flexibility index (Phi) is 9.65. The van der Waals surface area contributed by atoms with Crippen LogP contribution in [-0.2, 0) is 9.53 Å². The lowest BCUT2D eigenvalue weighted by Crippen LogP contribution is -2.03. The molecule has 0 saturated carbocycles. The lowest BCUT2D eigenvalue weighted by Gasteiger charge is -2.06. The molecule has 3 rings (SSSR count). The first kappa shape index (κ1) is 24.8. The van der Waals surface area contributed by atoms with Crippen molar-refractivity contribution < 1.29 is 14.3 Å². The van der Waals surface area contributed by atoms with Crippen LogP contribution in [0.25, 0.3) is 0 Å². The maximum atomic E-state index is 10.9. The first-order valence-electron chi connectivity index (χ1n) is 11.0. The molecule has 0 aliphatic carbocycles. The van der Waals surface area contributed by atoms with Crippen LogP contribution >= 0.6 is 0 Å². The maximum absolute atomic E-state index is 10.9. The van der Waals surface area contributed by atoms with Gasteiger partial charge in [-0.15, -0.1) is 0 Å². The minimum Gasteiger partial charge on any atom is -0.494 e. The summed E-state index contributed by atoms with van der Waals surface area (Å²) in [5.41, 5.74) is 2.92. The molecule has 0 spiro atoms. The fraction of sp³-hybridized carbons (Fsp3) is 0.172. The van der Waals surface area contributed by atoms with Gasteiger partial charge in [0.05, 0.1) is 30.4 Å². The van der Waals surface area contributed by atoms with Crippen LogP contribution in [0.3, 0.4) is 0 Å². The largest absolute Gasteiger partial charge is 0.494 e. The number of hydrogen-bond acceptors (Lipinski definition) is 6. The molecule has 1 aromatic heterocycles. The molecule has 6 heteroatoms. The summed E-state index contributed by atoms with van der Waals surface area (Å²) < 4.78 is 10.7. The lowest BCUT2D eigenvalue weighted by atomic mass is 10.1. The van der Waals surface area contributed by atoms with E-state index in [4.69, 9.17) is 14.7 Å². The zero-order valence-corrected chi connectivity index (χ0v) is 19.2. The third-order valence-electron chi connectivity index (χ3n) is 4.66. The third-order valence-corrected chi connectivity index (χ3v) is 4.66. The summed E-state index contributed by atoms with van der Waals surface area (Å²) in [7, 11) is 0. The van der Waals surface area contributed by atoms with Gasteiger partial charge in [0.2, 0.25) is 5.82 Å². The van der Waals surface area contributed by atoms with E-state index in [1.807, 2.05) is 24.3 Å². The molecule has 0 saturated heterocycles. The highest BCUT2D eigenvalue weighted by Gasteiger charge is 1.98. The zero-order chi connectivity index (χ0) is 24.7. The van der Waals surface area contributed by atoms with Gasteiger partial charge in [0, 0.05) is 29.6 Å². The van der Waals surface area contributed by atoms with E-state index in [9.17, 15) is 4.79 Å². The van der Waals surface area contributed by atoms with Crippen LogP contribution in [0.1, 0.15) is 47.3 Å². The number of aromatic nitrogens is 2. The Bertz CT molecular complexity index is 1300. The molecule has 3 aromatic rings. The SMILES string of the molecule is C=CC(=O)OCCCCCOc1ccc(C#Cc2cnc(C#Cc3ccc(C#N)cc3)nc2)cc1. The predicted molar refractivity (Wildman–Crippen MR) is 132 cm³/mol. The molecule has 0 N–H and O–H groups in total. The van der Waals surface area contributed by atoms with Crippen molar-refractivity contribution in [2.24, 2.45) is 0 Å². The second-order valence-corrected chi connectivity index (χ2v) is 7.29. The molecule has 0 atom stereocenters. The summed E-state index contributed by atoms with van der Waals surface area (Å²) in [5, 5.41) is 8.84. The average Bonchev–Trinajstić information content (AvgIpc) is 2.91. The Hall–Kier alpha value is -4.86. The fourth-order valence-electron chi connectivity index (χ4n) is 2.79. The molecule has 0 radical (unpaired) electrons. The molecule has 0 aliphatic rings. The number of rotatable bonds is 8. The standard InChI is InChI=1S/C29H23N3O3/c1-2-29(33)35-19-5-3-4-18-34-27-15-12-24(13-16-27)8-11-26-21-31-28(32-22-26)17-14-23-6-9-25(20-30)10-7-23/h2,6-7,9-10,12-13,15-16,21-22H,1,3-5,18-19H2. The van der Waals surface area contributed by atoms with Crippen molar-refractivity contribution in [2.75, 3.05) is 13.2 Å². The smallest absolute Gasteiger partial charge is 0.330 e. The molecule has 0 amide bonds. The summed E-state index contributed by atoms with van der Waals surface area (Å²) in [5.74, 6) is 12.8. The van der Waals surface area contributed by atoms with Gasteiger partial charge in [0.1, 0.15) is 5.75 Å². The van der Waals surface area contributed by atoms with E-state index in [1.165, 1.54) is 0 Å². The van der Waals surface area contributed by atoms with Crippen molar-refractivity contribution in [3.63, 3.8) is 0 Å². The summed E-state index contributed by atoms with van der Waals surface area (Å²) in [4.78, 5) is 19.4. The summed E-state index contributed by atoms with van der Waals surface area (Å²) in [6.45, 7) is 4.35. The van der Waals surface area contributed by atoms with Crippen LogP contribution in [0.4, 0.5) is 0 Å². The van der Waals surface area contributed by atoms with Gasteiger partial charge in [-0.25, -0.2) is 14.8 Å². The first-order chi connectivity index (χ1) is 17.2. The number of carbonyl (C=O) groups excluding carboxylic acids is 1. The van der Waals surface area contributed by atoms with Crippen molar-refractivity contribution >= 4 is 5.97 Å². The number of nitrogens with zero attached hydrogens (tertiary/aromatic N) is 3. The molecular weight excluding hydrogens is 438 g/mol. The molecule has 172 valence electrons. The molecule has 0 unspecified atom stereocenters. The Morgan fingerprint density at radius 1 is 0.800 bits per heavy atom. The zero-order valence-electron chi connectivity index (χ0n) is 19.2. The van der Waals surface area contributed by atoms with E-state index in [0.29, 0.717) is 30.2 Å². The van der Waals surface area contributed by atoms with E-state index >= 15 is 0 Å². The monoisotopic (exact) mass is 461 g/mol. The van der Waals surface area contributed by atoms with E-state index in [2.05, 4.69) is 46.3 Å². The summed E-state index contributed by atoms with van der Waals surface area (Å²) >= 11 is 0. The number of hydrogen-bond donors (Lipinski definition) is 0. The lowest BCUT2D eigenvalue weighted by molar-refractivity contribution is -0.137. The number of nitriles is 1. The van der Waals surface area contributed by atoms with E-state index < -0.39 is 0 Å².